The van der Waals surface area contributed by atoms with Gasteiger partial charge in [0.25, 0.3) is 5.91 Å². The quantitative estimate of drug-likeness (QED) is 0.855. The Labute approximate surface area is 140 Å². The van der Waals surface area contributed by atoms with Crippen LogP contribution in [0.3, 0.4) is 0 Å². The van der Waals surface area contributed by atoms with E-state index in [0.717, 1.165) is 0 Å². The summed E-state index contributed by atoms with van der Waals surface area (Å²) in [5, 5.41) is 0. The first kappa shape index (κ1) is 17.7. The Morgan fingerprint density at radius 2 is 2.00 bits per heavy atom. The molecule has 24 heavy (non-hydrogen) atoms. The summed E-state index contributed by atoms with van der Waals surface area (Å²) >= 11 is 0. The van der Waals surface area contributed by atoms with Gasteiger partial charge in [-0.05, 0) is 44.0 Å². The Bertz CT molecular complexity index is 768. The van der Waals surface area contributed by atoms with Crippen LogP contribution in [0, 0.1) is 19.7 Å². The Morgan fingerprint density at radius 1 is 1.29 bits per heavy atom. The molecule has 0 bridgehead atoms. The third kappa shape index (κ3) is 3.48. The zero-order valence-electron chi connectivity index (χ0n) is 14.3. The monoisotopic (exact) mass is 332 g/mol. The molecule has 0 fully saturated rings. The van der Waals surface area contributed by atoms with Crippen molar-refractivity contribution < 1.29 is 18.7 Å². The molecule has 0 atom stereocenters. The highest BCUT2D eigenvalue weighted by atomic mass is 19.1. The number of esters is 1. The van der Waals surface area contributed by atoms with E-state index in [1.54, 1.807) is 30.9 Å². The maximum atomic E-state index is 13.3. The van der Waals surface area contributed by atoms with Crippen LogP contribution in [-0.2, 0) is 11.3 Å². The lowest BCUT2D eigenvalue weighted by Gasteiger charge is -2.21. The van der Waals surface area contributed by atoms with Crippen molar-refractivity contribution >= 4 is 11.9 Å². The van der Waals surface area contributed by atoms with Gasteiger partial charge in [-0.3, -0.25) is 4.79 Å². The summed E-state index contributed by atoms with van der Waals surface area (Å²) in [4.78, 5) is 29.2. The number of amides is 1. The van der Waals surface area contributed by atoms with Crippen LogP contribution in [0.2, 0.25) is 0 Å². The normalized spacial score (nSPS) is 10.5. The van der Waals surface area contributed by atoms with Gasteiger partial charge in [0, 0.05) is 18.8 Å². The lowest BCUT2D eigenvalue weighted by Crippen LogP contribution is -2.31. The summed E-state index contributed by atoms with van der Waals surface area (Å²) in [5.41, 5.74) is 2.58. The molecular weight excluding hydrogens is 311 g/mol. The van der Waals surface area contributed by atoms with Crippen LogP contribution in [0.4, 0.5) is 4.39 Å². The smallest absolute Gasteiger partial charge is 0.339 e. The van der Waals surface area contributed by atoms with Crippen molar-refractivity contribution in [3.8, 4) is 0 Å². The van der Waals surface area contributed by atoms with Gasteiger partial charge in [0.05, 0.1) is 12.7 Å². The highest BCUT2D eigenvalue weighted by Crippen LogP contribution is 2.21. The number of carbonyl (C=O) groups is 2. The van der Waals surface area contributed by atoms with Crippen molar-refractivity contribution in [3.63, 3.8) is 0 Å². The zero-order valence-corrected chi connectivity index (χ0v) is 14.3. The van der Waals surface area contributed by atoms with Crippen LogP contribution in [-0.4, -0.2) is 35.4 Å². The van der Waals surface area contributed by atoms with Crippen molar-refractivity contribution in [2.75, 3.05) is 13.7 Å². The van der Waals surface area contributed by atoms with Gasteiger partial charge < -0.3 is 14.6 Å². The first-order chi connectivity index (χ1) is 11.4. The van der Waals surface area contributed by atoms with Crippen molar-refractivity contribution in [2.45, 2.75) is 27.3 Å². The maximum Gasteiger partial charge on any atom is 0.339 e. The number of hydrogen-bond donors (Lipinski definition) is 1. The second kappa shape index (κ2) is 7.29. The number of hydrogen-bond acceptors (Lipinski definition) is 3. The molecule has 0 saturated carbocycles. The maximum absolute atomic E-state index is 13.3. The Hall–Kier alpha value is -2.63. The largest absolute Gasteiger partial charge is 0.465 e. The van der Waals surface area contributed by atoms with E-state index in [1.165, 1.54) is 19.2 Å². The molecule has 2 rings (SSSR count). The van der Waals surface area contributed by atoms with Crippen LogP contribution in [0.15, 0.2) is 24.3 Å². The summed E-state index contributed by atoms with van der Waals surface area (Å²) in [6.07, 6.45) is 0. The topological polar surface area (TPSA) is 62.4 Å². The van der Waals surface area contributed by atoms with Gasteiger partial charge in [-0.2, -0.15) is 0 Å². The summed E-state index contributed by atoms with van der Waals surface area (Å²) in [6, 6.07) is 6.15. The molecule has 1 amide bonds. The molecule has 1 N–H and O–H groups in total. The Kier molecular flexibility index (Phi) is 5.39. The van der Waals surface area contributed by atoms with Crippen molar-refractivity contribution in [1.29, 1.82) is 0 Å². The van der Waals surface area contributed by atoms with E-state index in [-0.39, 0.29) is 18.3 Å². The standard InChI is InChI=1S/C18H21FN2O3/c1-5-21(10-13-7-6-8-14(19)9-13)17(22)16-11(2)15(12(3)20-16)18(23)24-4/h6-9,20H,5,10H2,1-4H3. The first-order valence-electron chi connectivity index (χ1n) is 7.70. The second-order valence-corrected chi connectivity index (χ2v) is 5.57. The number of ether oxygens (including phenoxy) is 1. The number of benzene rings is 1. The predicted molar refractivity (Wildman–Crippen MR) is 88.4 cm³/mol. The molecule has 0 radical (unpaired) electrons. The predicted octanol–water partition coefficient (Wildman–Crippen LogP) is 3.22. The summed E-state index contributed by atoms with van der Waals surface area (Å²) < 4.78 is 18.1. The molecule has 1 aromatic heterocycles. The van der Waals surface area contributed by atoms with E-state index in [9.17, 15) is 14.0 Å². The molecule has 0 unspecified atom stereocenters. The number of carbonyl (C=O) groups excluding carboxylic acids is 2. The van der Waals surface area contributed by atoms with E-state index >= 15 is 0 Å². The number of aromatic nitrogens is 1. The summed E-state index contributed by atoms with van der Waals surface area (Å²) in [6.45, 7) is 6.03. The number of aromatic amines is 1. The van der Waals surface area contributed by atoms with Crippen LogP contribution in [0.25, 0.3) is 0 Å². The van der Waals surface area contributed by atoms with Crippen LogP contribution in [0.5, 0.6) is 0 Å². The molecule has 2 aromatic rings. The SMILES string of the molecule is CCN(Cc1cccc(F)c1)C(=O)c1[nH]c(C)c(C(=O)OC)c1C. The summed E-state index contributed by atoms with van der Waals surface area (Å²) in [5.74, 6) is -1.05. The lowest BCUT2D eigenvalue weighted by molar-refractivity contribution is 0.0599. The molecule has 6 heteroatoms. The van der Waals surface area contributed by atoms with Gasteiger partial charge in [0.2, 0.25) is 0 Å². The van der Waals surface area contributed by atoms with Gasteiger partial charge in [0.1, 0.15) is 11.5 Å². The number of rotatable bonds is 5. The molecule has 0 spiro atoms. The number of nitrogens with one attached hydrogen (secondary N) is 1. The number of aryl methyl sites for hydroxylation is 1. The molecule has 1 aromatic carbocycles. The van der Waals surface area contributed by atoms with Gasteiger partial charge in [-0.15, -0.1) is 0 Å². The van der Waals surface area contributed by atoms with E-state index < -0.39 is 5.97 Å². The fraction of sp³-hybridized carbons (Fsp3) is 0.333. The highest BCUT2D eigenvalue weighted by Gasteiger charge is 2.25. The third-order valence-corrected chi connectivity index (χ3v) is 3.97. The first-order valence-corrected chi connectivity index (χ1v) is 7.70. The van der Waals surface area contributed by atoms with Gasteiger partial charge in [-0.1, -0.05) is 12.1 Å². The minimum Gasteiger partial charge on any atom is -0.465 e. The zero-order chi connectivity index (χ0) is 17.9. The van der Waals surface area contributed by atoms with Crippen LogP contribution < -0.4 is 0 Å². The van der Waals surface area contributed by atoms with Crippen LogP contribution >= 0.6 is 0 Å². The van der Waals surface area contributed by atoms with E-state index in [0.29, 0.717) is 34.6 Å². The molecule has 0 aliphatic rings. The van der Waals surface area contributed by atoms with E-state index in [1.807, 2.05) is 6.92 Å². The number of nitrogens with zero attached hydrogens (tertiary/aromatic N) is 1. The van der Waals surface area contributed by atoms with E-state index in [2.05, 4.69) is 4.98 Å². The highest BCUT2D eigenvalue weighted by molar-refractivity contribution is 6.00. The minimum absolute atomic E-state index is 0.238. The summed E-state index contributed by atoms with van der Waals surface area (Å²) in [7, 11) is 1.30. The molecule has 5 nitrogen and oxygen atoms in total. The van der Waals surface area contributed by atoms with E-state index in [4.69, 9.17) is 4.74 Å². The number of H-pyrrole nitrogens is 1. The molecule has 0 saturated heterocycles. The van der Waals surface area contributed by atoms with Gasteiger partial charge in [0.15, 0.2) is 0 Å². The van der Waals surface area contributed by atoms with Gasteiger partial charge in [-0.25, -0.2) is 9.18 Å². The minimum atomic E-state index is -0.478. The van der Waals surface area contributed by atoms with Crippen molar-refractivity contribution in [1.82, 2.24) is 9.88 Å². The van der Waals surface area contributed by atoms with Crippen molar-refractivity contribution in [3.05, 3.63) is 58.2 Å². The fourth-order valence-corrected chi connectivity index (χ4v) is 2.71. The van der Waals surface area contributed by atoms with Crippen molar-refractivity contribution in [2.24, 2.45) is 0 Å². The average Bonchev–Trinajstić information content (AvgIpc) is 2.86. The molecule has 0 aliphatic carbocycles. The average molecular weight is 332 g/mol. The number of halogens is 1. The van der Waals surface area contributed by atoms with Crippen LogP contribution in [0.1, 0.15) is 44.6 Å². The Balaban J connectivity index is 2.30. The molecular formula is C18H21FN2O3. The Morgan fingerprint density at radius 3 is 2.58 bits per heavy atom. The lowest BCUT2D eigenvalue weighted by atomic mass is 10.1. The fourth-order valence-electron chi connectivity index (χ4n) is 2.71. The second-order valence-electron chi connectivity index (χ2n) is 5.57. The molecule has 1 heterocycles. The molecule has 128 valence electrons. The van der Waals surface area contributed by atoms with Gasteiger partial charge >= 0.3 is 5.97 Å². The third-order valence-electron chi connectivity index (χ3n) is 3.97. The molecule has 0 aliphatic heterocycles. The number of methoxy groups -OCH3 is 1.